The maximum absolute atomic E-state index is 13.1. The van der Waals surface area contributed by atoms with Crippen LogP contribution in [-0.2, 0) is 5.60 Å². The molecule has 1 unspecified atom stereocenters. The Hall–Kier alpha value is -2.26. The van der Waals surface area contributed by atoms with Gasteiger partial charge in [-0.3, -0.25) is 4.79 Å². The van der Waals surface area contributed by atoms with Crippen LogP contribution < -0.4 is 0 Å². The molecular formula is C22H23FO2. The number of ketones is 1. The highest BCUT2D eigenvalue weighted by molar-refractivity contribution is 5.98. The number of allylic oxidation sites excluding steroid dienone is 1. The molecule has 1 N–H and O–H groups in total. The standard InChI is InChI=1S/C22H23FO2/c1-22(25,18-7-3-2-4-8-18)15-14-16-6-5-9-20(16)21(24)17-10-12-19(23)13-11-17/h2-4,7-8,10-16,20,25H,5-6,9H2,1H3/b15-14+/t16-,20+,22?/m1/s1. The zero-order valence-corrected chi connectivity index (χ0v) is 14.4. The molecule has 2 aromatic rings. The Labute approximate surface area is 148 Å². The van der Waals surface area contributed by atoms with E-state index in [2.05, 4.69) is 0 Å². The molecule has 130 valence electrons. The van der Waals surface area contributed by atoms with E-state index in [9.17, 15) is 14.3 Å². The van der Waals surface area contributed by atoms with Crippen LogP contribution in [0.25, 0.3) is 0 Å². The fourth-order valence-electron chi connectivity index (χ4n) is 3.56. The largest absolute Gasteiger partial charge is 0.381 e. The van der Waals surface area contributed by atoms with Crippen LogP contribution >= 0.6 is 0 Å². The third-order valence-corrected chi connectivity index (χ3v) is 5.06. The number of hydrogen-bond acceptors (Lipinski definition) is 2. The van der Waals surface area contributed by atoms with Gasteiger partial charge in [0.15, 0.2) is 5.78 Å². The molecule has 0 bridgehead atoms. The molecule has 3 atom stereocenters. The van der Waals surface area contributed by atoms with Gasteiger partial charge in [0.2, 0.25) is 0 Å². The van der Waals surface area contributed by atoms with E-state index in [-0.39, 0.29) is 23.4 Å². The number of aliphatic hydroxyl groups is 1. The Kier molecular flexibility index (Phi) is 5.14. The smallest absolute Gasteiger partial charge is 0.166 e. The lowest BCUT2D eigenvalue weighted by Gasteiger charge is -2.21. The molecule has 2 nitrogen and oxygen atoms in total. The topological polar surface area (TPSA) is 37.3 Å². The zero-order valence-electron chi connectivity index (χ0n) is 14.4. The predicted octanol–water partition coefficient (Wildman–Crippen LogP) is 4.89. The molecule has 0 aliphatic heterocycles. The molecule has 1 saturated carbocycles. The maximum atomic E-state index is 13.1. The molecule has 3 rings (SSSR count). The van der Waals surface area contributed by atoms with Crippen molar-refractivity contribution in [3.63, 3.8) is 0 Å². The van der Waals surface area contributed by atoms with E-state index < -0.39 is 5.60 Å². The highest BCUT2D eigenvalue weighted by atomic mass is 19.1. The number of rotatable bonds is 5. The second kappa shape index (κ2) is 7.32. The van der Waals surface area contributed by atoms with E-state index in [1.807, 2.05) is 36.4 Å². The van der Waals surface area contributed by atoms with Crippen LogP contribution in [0.15, 0.2) is 66.7 Å². The van der Waals surface area contributed by atoms with Gasteiger partial charge >= 0.3 is 0 Å². The highest BCUT2D eigenvalue weighted by Crippen LogP contribution is 2.36. The van der Waals surface area contributed by atoms with Crippen LogP contribution in [-0.4, -0.2) is 10.9 Å². The van der Waals surface area contributed by atoms with Crippen LogP contribution in [0.2, 0.25) is 0 Å². The van der Waals surface area contributed by atoms with Gasteiger partial charge in [0.1, 0.15) is 11.4 Å². The van der Waals surface area contributed by atoms with Gasteiger partial charge in [0, 0.05) is 11.5 Å². The van der Waals surface area contributed by atoms with Crippen LogP contribution in [0.5, 0.6) is 0 Å². The fourth-order valence-corrected chi connectivity index (χ4v) is 3.56. The number of Topliss-reactive ketones (excluding diaryl/α,β-unsaturated/α-hetero) is 1. The van der Waals surface area contributed by atoms with Crippen LogP contribution in [0.4, 0.5) is 4.39 Å². The molecule has 1 aliphatic carbocycles. The minimum Gasteiger partial charge on any atom is -0.381 e. The lowest BCUT2D eigenvalue weighted by Crippen LogP contribution is -2.21. The number of carbonyl (C=O) groups excluding carboxylic acids is 1. The molecule has 0 spiro atoms. The first kappa shape index (κ1) is 17.6. The number of halogens is 1. The second-order valence-corrected chi connectivity index (χ2v) is 6.95. The highest BCUT2D eigenvalue weighted by Gasteiger charge is 2.32. The summed E-state index contributed by atoms with van der Waals surface area (Å²) in [4.78, 5) is 12.7. The van der Waals surface area contributed by atoms with Gasteiger partial charge < -0.3 is 5.11 Å². The lowest BCUT2D eigenvalue weighted by molar-refractivity contribution is 0.0899. The van der Waals surface area contributed by atoms with E-state index in [1.165, 1.54) is 12.1 Å². The normalized spacial score (nSPS) is 22.8. The van der Waals surface area contributed by atoms with Gasteiger partial charge in [-0.1, -0.05) is 48.9 Å². The quantitative estimate of drug-likeness (QED) is 0.622. The lowest BCUT2D eigenvalue weighted by atomic mass is 9.86. The molecule has 0 saturated heterocycles. The van der Waals surface area contributed by atoms with Crippen molar-refractivity contribution >= 4 is 5.78 Å². The molecule has 0 heterocycles. The summed E-state index contributed by atoms with van der Waals surface area (Å²) in [7, 11) is 0. The van der Waals surface area contributed by atoms with Crippen LogP contribution in [0.1, 0.15) is 42.1 Å². The molecule has 0 aromatic heterocycles. The first-order chi connectivity index (χ1) is 12.0. The van der Waals surface area contributed by atoms with Crippen molar-refractivity contribution in [3.8, 4) is 0 Å². The molecule has 0 radical (unpaired) electrons. The van der Waals surface area contributed by atoms with E-state index in [1.54, 1.807) is 25.1 Å². The molecular weight excluding hydrogens is 315 g/mol. The molecule has 0 amide bonds. The van der Waals surface area contributed by atoms with Crippen molar-refractivity contribution in [3.05, 3.63) is 83.7 Å². The van der Waals surface area contributed by atoms with Gasteiger partial charge in [0.05, 0.1) is 0 Å². The summed E-state index contributed by atoms with van der Waals surface area (Å²) >= 11 is 0. The Morgan fingerprint density at radius 1 is 1.12 bits per heavy atom. The average Bonchev–Trinajstić information content (AvgIpc) is 3.09. The summed E-state index contributed by atoms with van der Waals surface area (Å²) in [5, 5.41) is 10.7. The summed E-state index contributed by atoms with van der Waals surface area (Å²) in [5.41, 5.74) is 0.319. The third-order valence-electron chi connectivity index (χ3n) is 5.06. The predicted molar refractivity (Wildman–Crippen MR) is 96.7 cm³/mol. The van der Waals surface area contributed by atoms with E-state index in [0.717, 1.165) is 24.8 Å². The van der Waals surface area contributed by atoms with Crippen molar-refractivity contribution in [2.45, 2.75) is 31.8 Å². The van der Waals surface area contributed by atoms with Crippen molar-refractivity contribution < 1.29 is 14.3 Å². The monoisotopic (exact) mass is 338 g/mol. The Morgan fingerprint density at radius 3 is 2.48 bits per heavy atom. The Bertz CT molecular complexity index is 747. The number of benzene rings is 2. The SMILES string of the molecule is CC(O)(/C=C/[C@H]1CCC[C@@H]1C(=O)c1ccc(F)cc1)c1ccccc1. The van der Waals surface area contributed by atoms with Crippen LogP contribution in [0, 0.1) is 17.7 Å². The first-order valence-electron chi connectivity index (χ1n) is 8.74. The molecule has 1 aliphatic rings. The summed E-state index contributed by atoms with van der Waals surface area (Å²) < 4.78 is 13.1. The average molecular weight is 338 g/mol. The summed E-state index contributed by atoms with van der Waals surface area (Å²) in [6.07, 6.45) is 6.52. The van der Waals surface area contributed by atoms with E-state index in [0.29, 0.717) is 5.56 Å². The van der Waals surface area contributed by atoms with Gasteiger partial charge in [-0.25, -0.2) is 4.39 Å². The van der Waals surface area contributed by atoms with Gasteiger partial charge in [0.25, 0.3) is 0 Å². The molecule has 3 heteroatoms. The van der Waals surface area contributed by atoms with Gasteiger partial charge in [-0.2, -0.15) is 0 Å². The van der Waals surface area contributed by atoms with Gasteiger partial charge in [-0.05, 0) is 55.5 Å². The third kappa shape index (κ3) is 4.05. The molecule has 2 aromatic carbocycles. The van der Waals surface area contributed by atoms with Crippen molar-refractivity contribution in [1.29, 1.82) is 0 Å². The minimum absolute atomic E-state index is 0.0616. The fraction of sp³-hybridized carbons (Fsp3) is 0.318. The summed E-state index contributed by atoms with van der Waals surface area (Å²) in [6.45, 7) is 1.75. The van der Waals surface area contributed by atoms with E-state index in [4.69, 9.17) is 0 Å². The van der Waals surface area contributed by atoms with Crippen LogP contribution in [0.3, 0.4) is 0 Å². The zero-order chi connectivity index (χ0) is 17.9. The Balaban J connectivity index is 1.75. The second-order valence-electron chi connectivity index (χ2n) is 6.95. The first-order valence-corrected chi connectivity index (χ1v) is 8.74. The van der Waals surface area contributed by atoms with Crippen molar-refractivity contribution in [2.24, 2.45) is 11.8 Å². The minimum atomic E-state index is -1.06. The summed E-state index contributed by atoms with van der Waals surface area (Å²) in [6, 6.07) is 15.2. The summed E-state index contributed by atoms with van der Waals surface area (Å²) in [5.74, 6) is -0.272. The van der Waals surface area contributed by atoms with E-state index >= 15 is 0 Å². The number of hydrogen-bond donors (Lipinski definition) is 1. The molecule has 25 heavy (non-hydrogen) atoms. The molecule has 1 fully saturated rings. The number of carbonyl (C=O) groups is 1. The van der Waals surface area contributed by atoms with Crippen molar-refractivity contribution in [2.75, 3.05) is 0 Å². The van der Waals surface area contributed by atoms with Crippen molar-refractivity contribution in [1.82, 2.24) is 0 Å². The Morgan fingerprint density at radius 2 is 1.80 bits per heavy atom. The maximum Gasteiger partial charge on any atom is 0.166 e. The van der Waals surface area contributed by atoms with Gasteiger partial charge in [-0.15, -0.1) is 0 Å².